The van der Waals surface area contributed by atoms with E-state index in [1.807, 2.05) is 0 Å². The Morgan fingerprint density at radius 3 is 2.85 bits per heavy atom. The summed E-state index contributed by atoms with van der Waals surface area (Å²) in [6.45, 7) is 0. The van der Waals surface area contributed by atoms with Gasteiger partial charge in [0, 0.05) is 12.1 Å². The van der Waals surface area contributed by atoms with Gasteiger partial charge in [-0.25, -0.2) is 0 Å². The van der Waals surface area contributed by atoms with Crippen LogP contribution in [-0.4, -0.2) is 41.9 Å². The van der Waals surface area contributed by atoms with Gasteiger partial charge < -0.3 is 10.4 Å². The molecule has 132 valence electrons. The molecule has 0 aliphatic rings. The first-order valence-corrected chi connectivity index (χ1v) is 8.27. The van der Waals surface area contributed by atoms with Crippen LogP contribution in [0, 0.1) is 10.1 Å². The minimum atomic E-state index is -0.564. The number of nitrogens with one attached hydrogen (secondary N) is 1. The standard InChI is InChI=1S/C15H12N6O4S/c22-11-5-3-4-10(8-11)20-15(17-18-19-20)26-9-14(23)16-12-6-1-2-7-13(12)21(24)25/h1-8,22H,9H2,(H,16,23). The van der Waals surface area contributed by atoms with Crippen molar-refractivity contribution in [1.29, 1.82) is 0 Å². The third-order valence-electron chi connectivity index (χ3n) is 3.22. The number of nitro groups is 1. The number of nitro benzene ring substituents is 1. The van der Waals surface area contributed by atoms with Gasteiger partial charge in [0.1, 0.15) is 11.4 Å². The van der Waals surface area contributed by atoms with Gasteiger partial charge >= 0.3 is 0 Å². The number of nitrogens with zero attached hydrogens (tertiary/aromatic N) is 5. The first kappa shape index (κ1) is 17.4. The van der Waals surface area contributed by atoms with Crippen molar-refractivity contribution >= 4 is 29.0 Å². The van der Waals surface area contributed by atoms with E-state index in [1.165, 1.54) is 35.0 Å². The molecule has 1 amide bonds. The van der Waals surface area contributed by atoms with Crippen LogP contribution in [0.4, 0.5) is 11.4 Å². The molecule has 0 fully saturated rings. The number of phenolic OH excluding ortho intramolecular Hbond substituents is 1. The highest BCUT2D eigenvalue weighted by molar-refractivity contribution is 7.99. The number of anilines is 1. The van der Waals surface area contributed by atoms with Gasteiger partial charge in [0.25, 0.3) is 5.69 Å². The number of hydrogen-bond donors (Lipinski definition) is 2. The highest BCUT2D eigenvalue weighted by Crippen LogP contribution is 2.24. The van der Waals surface area contributed by atoms with Crippen molar-refractivity contribution in [2.45, 2.75) is 5.16 Å². The summed E-state index contributed by atoms with van der Waals surface area (Å²) in [4.78, 5) is 22.5. The second-order valence-corrected chi connectivity index (χ2v) is 5.95. The molecule has 1 aromatic heterocycles. The molecule has 26 heavy (non-hydrogen) atoms. The second kappa shape index (κ2) is 7.61. The third-order valence-corrected chi connectivity index (χ3v) is 4.14. The van der Waals surface area contributed by atoms with E-state index in [0.717, 1.165) is 11.8 Å². The quantitative estimate of drug-likeness (QED) is 0.381. The molecule has 0 radical (unpaired) electrons. The SMILES string of the molecule is O=C(CSc1nnnn1-c1cccc(O)c1)Nc1ccccc1[N+](=O)[O-]. The van der Waals surface area contributed by atoms with Crippen LogP contribution in [0.2, 0.25) is 0 Å². The molecule has 2 N–H and O–H groups in total. The van der Waals surface area contributed by atoms with E-state index in [2.05, 4.69) is 20.8 Å². The van der Waals surface area contributed by atoms with Crippen molar-refractivity contribution in [1.82, 2.24) is 20.2 Å². The number of carbonyl (C=O) groups excluding carboxylic acids is 1. The van der Waals surface area contributed by atoms with E-state index < -0.39 is 10.8 Å². The Morgan fingerprint density at radius 2 is 2.08 bits per heavy atom. The molecule has 0 aliphatic heterocycles. The third kappa shape index (κ3) is 3.95. The van der Waals surface area contributed by atoms with Crippen molar-refractivity contribution in [3.63, 3.8) is 0 Å². The Hall–Kier alpha value is -3.47. The Kier molecular flexibility index (Phi) is 5.08. The van der Waals surface area contributed by atoms with Crippen LogP contribution in [-0.2, 0) is 4.79 Å². The molecular formula is C15H12N6O4S. The fourth-order valence-corrected chi connectivity index (χ4v) is 2.80. The maximum absolute atomic E-state index is 12.1. The molecule has 3 aromatic rings. The van der Waals surface area contributed by atoms with E-state index in [0.29, 0.717) is 10.8 Å². The lowest BCUT2D eigenvalue weighted by Crippen LogP contribution is -2.15. The molecule has 2 aromatic carbocycles. The highest BCUT2D eigenvalue weighted by Gasteiger charge is 2.16. The van der Waals surface area contributed by atoms with Gasteiger partial charge in [-0.2, -0.15) is 4.68 Å². The maximum Gasteiger partial charge on any atom is 0.292 e. The van der Waals surface area contributed by atoms with Gasteiger partial charge in [0.15, 0.2) is 0 Å². The molecular weight excluding hydrogens is 360 g/mol. The Morgan fingerprint density at radius 1 is 1.27 bits per heavy atom. The normalized spacial score (nSPS) is 10.5. The van der Waals surface area contributed by atoms with Gasteiger partial charge in [0.2, 0.25) is 11.1 Å². The fourth-order valence-electron chi connectivity index (χ4n) is 2.11. The molecule has 0 unspecified atom stereocenters. The number of phenols is 1. The highest BCUT2D eigenvalue weighted by atomic mass is 32.2. The first-order chi connectivity index (χ1) is 12.5. The second-order valence-electron chi connectivity index (χ2n) is 5.00. The van der Waals surface area contributed by atoms with E-state index in [1.54, 1.807) is 18.2 Å². The van der Waals surface area contributed by atoms with Crippen LogP contribution in [0.3, 0.4) is 0 Å². The van der Waals surface area contributed by atoms with Crippen LogP contribution in [0.25, 0.3) is 5.69 Å². The number of carbonyl (C=O) groups is 1. The molecule has 0 aliphatic carbocycles. The predicted octanol–water partition coefficient (Wildman–Crippen LogP) is 2.01. The number of thioether (sulfide) groups is 1. The first-order valence-electron chi connectivity index (χ1n) is 7.28. The average molecular weight is 372 g/mol. The van der Waals surface area contributed by atoms with Crippen molar-refractivity contribution in [2.24, 2.45) is 0 Å². The van der Waals surface area contributed by atoms with Crippen molar-refractivity contribution < 1.29 is 14.8 Å². The lowest BCUT2D eigenvalue weighted by Gasteiger charge is -2.06. The number of hydrogen-bond acceptors (Lipinski definition) is 8. The largest absolute Gasteiger partial charge is 0.508 e. The van der Waals surface area contributed by atoms with Crippen LogP contribution in [0.1, 0.15) is 0 Å². The number of tetrazole rings is 1. The average Bonchev–Trinajstić information content (AvgIpc) is 3.09. The molecule has 0 saturated carbocycles. The van der Waals surface area contributed by atoms with Gasteiger partial charge in [-0.3, -0.25) is 14.9 Å². The van der Waals surface area contributed by atoms with E-state index in [4.69, 9.17) is 0 Å². The molecule has 0 saturated heterocycles. The number of para-hydroxylation sites is 2. The summed E-state index contributed by atoms with van der Waals surface area (Å²) in [5, 5.41) is 34.6. The lowest BCUT2D eigenvalue weighted by molar-refractivity contribution is -0.383. The van der Waals surface area contributed by atoms with Crippen molar-refractivity contribution in [3.8, 4) is 11.4 Å². The zero-order valence-corrected chi connectivity index (χ0v) is 14.0. The number of benzene rings is 2. The van der Waals surface area contributed by atoms with E-state index in [-0.39, 0.29) is 22.9 Å². The smallest absolute Gasteiger partial charge is 0.292 e. The minimum absolute atomic E-state index is 0.0504. The van der Waals surface area contributed by atoms with E-state index >= 15 is 0 Å². The Labute approximate surface area is 151 Å². The minimum Gasteiger partial charge on any atom is -0.508 e. The lowest BCUT2D eigenvalue weighted by atomic mass is 10.2. The molecule has 10 nitrogen and oxygen atoms in total. The summed E-state index contributed by atoms with van der Waals surface area (Å²) in [5.41, 5.74) is 0.475. The van der Waals surface area contributed by atoms with Crippen molar-refractivity contribution in [3.05, 3.63) is 58.6 Å². The van der Waals surface area contributed by atoms with Gasteiger partial charge in [-0.15, -0.1) is 5.10 Å². The summed E-state index contributed by atoms with van der Waals surface area (Å²) in [7, 11) is 0. The summed E-state index contributed by atoms with van der Waals surface area (Å²) >= 11 is 1.06. The zero-order valence-electron chi connectivity index (χ0n) is 13.1. The number of rotatable bonds is 6. The molecule has 3 rings (SSSR count). The molecule has 11 heteroatoms. The van der Waals surface area contributed by atoms with Gasteiger partial charge in [0.05, 0.1) is 16.4 Å². The van der Waals surface area contributed by atoms with Crippen LogP contribution >= 0.6 is 11.8 Å². The van der Waals surface area contributed by atoms with Gasteiger partial charge in [-0.05, 0) is 28.6 Å². The summed E-state index contributed by atoms with van der Waals surface area (Å²) < 4.78 is 1.38. The number of aromatic hydroxyl groups is 1. The zero-order chi connectivity index (χ0) is 18.5. The fraction of sp³-hybridized carbons (Fsp3) is 0.0667. The summed E-state index contributed by atoms with van der Waals surface area (Å²) in [5.74, 6) is -0.427. The topological polar surface area (TPSA) is 136 Å². The summed E-state index contributed by atoms with van der Waals surface area (Å²) in [6.07, 6.45) is 0. The molecule has 1 heterocycles. The monoisotopic (exact) mass is 372 g/mol. The number of amides is 1. The van der Waals surface area contributed by atoms with Crippen LogP contribution < -0.4 is 5.32 Å². The maximum atomic E-state index is 12.1. The molecule has 0 spiro atoms. The van der Waals surface area contributed by atoms with Crippen molar-refractivity contribution in [2.75, 3.05) is 11.1 Å². The summed E-state index contributed by atoms with van der Waals surface area (Å²) in [6, 6.07) is 12.2. The van der Waals surface area contributed by atoms with E-state index in [9.17, 15) is 20.0 Å². The van der Waals surface area contributed by atoms with Crippen LogP contribution in [0.15, 0.2) is 53.7 Å². The number of aromatic nitrogens is 4. The Bertz CT molecular complexity index is 961. The Balaban J connectivity index is 1.68. The molecule has 0 atom stereocenters. The molecule has 0 bridgehead atoms. The van der Waals surface area contributed by atoms with Crippen LogP contribution in [0.5, 0.6) is 5.75 Å². The predicted molar refractivity (Wildman–Crippen MR) is 93.3 cm³/mol. The van der Waals surface area contributed by atoms with Gasteiger partial charge in [-0.1, -0.05) is 30.0 Å².